The van der Waals surface area contributed by atoms with Crippen LogP contribution in [0.15, 0.2) is 18.2 Å². The Morgan fingerprint density at radius 3 is 2.75 bits per heavy atom. The van der Waals surface area contributed by atoms with Gasteiger partial charge in [-0.1, -0.05) is 6.92 Å². The molecule has 0 aliphatic rings. The summed E-state index contributed by atoms with van der Waals surface area (Å²) in [7, 11) is 1.54. The highest BCUT2D eigenvalue weighted by Gasteiger charge is 2.07. The number of rotatable bonds is 6. The summed E-state index contributed by atoms with van der Waals surface area (Å²) in [6.45, 7) is 2.32. The molecule has 1 aromatic rings. The number of ether oxygens (including phenoxy) is 2. The van der Waals surface area contributed by atoms with Gasteiger partial charge < -0.3 is 14.6 Å². The molecule has 0 amide bonds. The first-order valence-corrected chi connectivity index (χ1v) is 5.08. The molecule has 0 radical (unpaired) electrons. The average molecular weight is 224 g/mol. The topological polar surface area (TPSA) is 55.8 Å². The minimum atomic E-state index is 0.0459. The summed E-state index contributed by atoms with van der Waals surface area (Å²) in [4.78, 5) is 10.6. The maximum absolute atomic E-state index is 10.6. The van der Waals surface area contributed by atoms with Crippen molar-refractivity contribution in [1.29, 1.82) is 0 Å². The Morgan fingerprint density at radius 2 is 2.19 bits per heavy atom. The van der Waals surface area contributed by atoms with Crippen LogP contribution in [0.5, 0.6) is 11.5 Å². The number of methoxy groups -OCH3 is 1. The van der Waals surface area contributed by atoms with Gasteiger partial charge in [-0.15, -0.1) is 0 Å². The Labute approximate surface area is 94.8 Å². The lowest BCUT2D eigenvalue weighted by atomic mass is 10.2. The van der Waals surface area contributed by atoms with Crippen LogP contribution in [0.4, 0.5) is 0 Å². The van der Waals surface area contributed by atoms with Crippen LogP contribution in [-0.2, 0) is 0 Å². The van der Waals surface area contributed by atoms with Crippen molar-refractivity contribution in [2.75, 3.05) is 20.3 Å². The highest BCUT2D eigenvalue weighted by atomic mass is 16.5. The summed E-state index contributed by atoms with van der Waals surface area (Å²) in [5.74, 6) is 1.15. The van der Waals surface area contributed by atoms with E-state index in [2.05, 4.69) is 0 Å². The number of hydrogen-bond donors (Lipinski definition) is 1. The zero-order chi connectivity index (χ0) is 12.0. The molecule has 1 aromatic carbocycles. The monoisotopic (exact) mass is 224 g/mol. The summed E-state index contributed by atoms with van der Waals surface area (Å²) in [6, 6.07) is 4.97. The van der Waals surface area contributed by atoms with Crippen molar-refractivity contribution in [2.45, 2.75) is 6.92 Å². The van der Waals surface area contributed by atoms with Gasteiger partial charge in [0, 0.05) is 18.1 Å². The molecule has 0 bridgehead atoms. The number of aldehydes is 1. The Hall–Kier alpha value is -1.55. The number of hydrogen-bond acceptors (Lipinski definition) is 4. The molecule has 0 heterocycles. The molecule has 0 aliphatic carbocycles. The lowest BCUT2D eigenvalue weighted by molar-refractivity contribution is 0.112. The van der Waals surface area contributed by atoms with Crippen molar-refractivity contribution in [3.05, 3.63) is 23.8 Å². The van der Waals surface area contributed by atoms with E-state index in [4.69, 9.17) is 14.6 Å². The maximum atomic E-state index is 10.6. The van der Waals surface area contributed by atoms with Gasteiger partial charge in [-0.3, -0.25) is 4.79 Å². The molecule has 0 aliphatic heterocycles. The molecule has 0 aromatic heterocycles. The molecular formula is C12H16O4. The smallest absolute Gasteiger partial charge is 0.161 e. The lowest BCUT2D eigenvalue weighted by Crippen LogP contribution is -2.12. The van der Waals surface area contributed by atoms with Gasteiger partial charge in [-0.05, 0) is 18.2 Å². The molecule has 1 rings (SSSR count). The van der Waals surface area contributed by atoms with Crippen molar-refractivity contribution >= 4 is 6.29 Å². The second-order valence-corrected chi connectivity index (χ2v) is 3.63. The van der Waals surface area contributed by atoms with E-state index in [9.17, 15) is 4.79 Å². The van der Waals surface area contributed by atoms with Gasteiger partial charge in [0.15, 0.2) is 11.5 Å². The van der Waals surface area contributed by atoms with Gasteiger partial charge in [0.05, 0.1) is 13.7 Å². The molecule has 1 N–H and O–H groups in total. The zero-order valence-corrected chi connectivity index (χ0v) is 9.47. The molecule has 88 valence electrons. The summed E-state index contributed by atoms with van der Waals surface area (Å²) >= 11 is 0. The summed E-state index contributed by atoms with van der Waals surface area (Å²) in [5.41, 5.74) is 0.535. The first kappa shape index (κ1) is 12.5. The molecule has 0 fully saturated rings. The normalized spacial score (nSPS) is 11.9. The third kappa shape index (κ3) is 3.24. The van der Waals surface area contributed by atoms with Crippen LogP contribution in [0.2, 0.25) is 0 Å². The average Bonchev–Trinajstić information content (AvgIpc) is 2.35. The van der Waals surface area contributed by atoms with Crippen LogP contribution in [0.1, 0.15) is 17.3 Å². The van der Waals surface area contributed by atoms with Crippen LogP contribution < -0.4 is 9.47 Å². The molecule has 1 atom stereocenters. The molecule has 4 heteroatoms. The van der Waals surface area contributed by atoms with E-state index < -0.39 is 0 Å². The summed E-state index contributed by atoms with van der Waals surface area (Å²) in [6.07, 6.45) is 0.752. The predicted molar refractivity (Wildman–Crippen MR) is 60.1 cm³/mol. The quantitative estimate of drug-likeness (QED) is 0.744. The van der Waals surface area contributed by atoms with Crippen molar-refractivity contribution in [1.82, 2.24) is 0 Å². The summed E-state index contributed by atoms with van der Waals surface area (Å²) < 4.78 is 10.6. The lowest BCUT2D eigenvalue weighted by Gasteiger charge is -2.13. The maximum Gasteiger partial charge on any atom is 0.161 e. The van der Waals surface area contributed by atoms with Crippen LogP contribution in [-0.4, -0.2) is 31.7 Å². The van der Waals surface area contributed by atoms with Crippen molar-refractivity contribution < 1.29 is 19.4 Å². The predicted octanol–water partition coefficient (Wildman–Crippen LogP) is 1.51. The Bertz CT molecular complexity index is 349. The standard InChI is InChI=1S/C12H16O4/c1-9(6-13)8-16-12-5-10(7-14)3-4-11(12)15-2/h3-5,7,9,13H,6,8H2,1-2H3. The first-order chi connectivity index (χ1) is 7.71. The van der Waals surface area contributed by atoms with E-state index in [0.717, 1.165) is 6.29 Å². The fourth-order valence-electron chi connectivity index (χ4n) is 1.16. The molecule has 0 saturated heterocycles. The fraction of sp³-hybridized carbons (Fsp3) is 0.417. The highest BCUT2D eigenvalue weighted by Crippen LogP contribution is 2.27. The van der Waals surface area contributed by atoms with Crippen LogP contribution in [0, 0.1) is 5.92 Å². The van der Waals surface area contributed by atoms with E-state index >= 15 is 0 Å². The number of carbonyl (C=O) groups is 1. The number of aliphatic hydroxyl groups excluding tert-OH is 1. The number of benzene rings is 1. The van der Waals surface area contributed by atoms with E-state index in [0.29, 0.717) is 23.7 Å². The van der Waals surface area contributed by atoms with E-state index in [1.165, 1.54) is 7.11 Å². The number of carbonyl (C=O) groups excluding carboxylic acids is 1. The number of aliphatic hydroxyl groups is 1. The molecular weight excluding hydrogens is 208 g/mol. The second kappa shape index (κ2) is 6.12. The van der Waals surface area contributed by atoms with Crippen LogP contribution >= 0.6 is 0 Å². The molecule has 4 nitrogen and oxygen atoms in total. The third-order valence-electron chi connectivity index (χ3n) is 2.16. The van der Waals surface area contributed by atoms with Gasteiger partial charge in [-0.2, -0.15) is 0 Å². The van der Waals surface area contributed by atoms with Gasteiger partial charge in [0.1, 0.15) is 6.29 Å². The molecule has 0 saturated carbocycles. The van der Waals surface area contributed by atoms with E-state index in [-0.39, 0.29) is 12.5 Å². The molecule has 16 heavy (non-hydrogen) atoms. The first-order valence-electron chi connectivity index (χ1n) is 5.08. The van der Waals surface area contributed by atoms with Gasteiger partial charge >= 0.3 is 0 Å². The van der Waals surface area contributed by atoms with Crippen molar-refractivity contribution in [3.63, 3.8) is 0 Å². The second-order valence-electron chi connectivity index (χ2n) is 3.63. The Morgan fingerprint density at radius 1 is 1.44 bits per heavy atom. The van der Waals surface area contributed by atoms with Gasteiger partial charge in [0.25, 0.3) is 0 Å². The summed E-state index contributed by atoms with van der Waals surface area (Å²) in [5, 5.41) is 8.87. The van der Waals surface area contributed by atoms with E-state index in [1.807, 2.05) is 6.92 Å². The zero-order valence-electron chi connectivity index (χ0n) is 9.47. The van der Waals surface area contributed by atoms with Crippen molar-refractivity contribution in [2.24, 2.45) is 5.92 Å². The van der Waals surface area contributed by atoms with Crippen LogP contribution in [0.3, 0.4) is 0 Å². The van der Waals surface area contributed by atoms with E-state index in [1.54, 1.807) is 18.2 Å². The highest BCUT2D eigenvalue weighted by molar-refractivity contribution is 5.76. The largest absolute Gasteiger partial charge is 0.493 e. The minimum Gasteiger partial charge on any atom is -0.493 e. The van der Waals surface area contributed by atoms with Gasteiger partial charge in [-0.25, -0.2) is 0 Å². The molecule has 1 unspecified atom stereocenters. The SMILES string of the molecule is COc1ccc(C=O)cc1OCC(C)CO. The molecule has 0 spiro atoms. The van der Waals surface area contributed by atoms with Gasteiger partial charge in [0.2, 0.25) is 0 Å². The van der Waals surface area contributed by atoms with Crippen molar-refractivity contribution in [3.8, 4) is 11.5 Å². The minimum absolute atomic E-state index is 0.0459. The Balaban J connectivity index is 2.78. The third-order valence-corrected chi connectivity index (χ3v) is 2.16. The Kier molecular flexibility index (Phi) is 4.79. The van der Waals surface area contributed by atoms with Crippen LogP contribution in [0.25, 0.3) is 0 Å². The fourth-order valence-corrected chi connectivity index (χ4v) is 1.16.